The number of furan rings is 1. The van der Waals surface area contributed by atoms with Gasteiger partial charge in [-0.05, 0) is 54.1 Å². The molecule has 1 unspecified atom stereocenters. The van der Waals surface area contributed by atoms with E-state index in [1.165, 1.54) is 36.2 Å². The predicted octanol–water partition coefficient (Wildman–Crippen LogP) is 7.02. The van der Waals surface area contributed by atoms with Crippen LogP contribution < -0.4 is 10.6 Å². The van der Waals surface area contributed by atoms with Gasteiger partial charge in [0, 0.05) is 16.3 Å². The first-order valence-electron chi connectivity index (χ1n) is 10.4. The first-order chi connectivity index (χ1) is 16.8. The van der Waals surface area contributed by atoms with Crippen molar-refractivity contribution in [2.75, 3.05) is 10.6 Å². The van der Waals surface area contributed by atoms with Crippen molar-refractivity contribution < 1.29 is 27.2 Å². The summed E-state index contributed by atoms with van der Waals surface area (Å²) in [7, 11) is 0. The van der Waals surface area contributed by atoms with Gasteiger partial charge < -0.3 is 15.1 Å². The smallest absolute Gasteiger partial charge is 0.416 e. The molecular weight excluding hydrogens is 477 g/mol. The van der Waals surface area contributed by atoms with Gasteiger partial charge in [-0.15, -0.1) is 11.8 Å². The summed E-state index contributed by atoms with van der Waals surface area (Å²) in [5, 5.41) is 4.57. The van der Waals surface area contributed by atoms with Crippen LogP contribution in [0.15, 0.2) is 107 Å². The summed E-state index contributed by atoms with van der Waals surface area (Å²) in [6.07, 6.45) is -3.12. The van der Waals surface area contributed by atoms with E-state index in [1.54, 1.807) is 60.7 Å². The highest BCUT2D eigenvalue weighted by atomic mass is 32.2. The van der Waals surface area contributed by atoms with Gasteiger partial charge >= 0.3 is 6.18 Å². The average Bonchev–Trinajstić information content (AvgIpc) is 3.38. The number of hydrogen-bond acceptors (Lipinski definition) is 4. The van der Waals surface area contributed by atoms with Gasteiger partial charge in [-0.25, -0.2) is 0 Å². The zero-order chi connectivity index (χ0) is 24.8. The van der Waals surface area contributed by atoms with E-state index in [0.29, 0.717) is 16.1 Å². The summed E-state index contributed by atoms with van der Waals surface area (Å²) in [5.41, 5.74) is 0.374. The fraction of sp³-hybridized carbons (Fsp3) is 0.0769. The number of hydrogen-bond donors (Lipinski definition) is 2. The molecule has 1 atom stereocenters. The molecule has 35 heavy (non-hydrogen) atoms. The Kier molecular flexibility index (Phi) is 7.26. The maximum Gasteiger partial charge on any atom is 0.416 e. The Bertz CT molecular complexity index is 1310. The van der Waals surface area contributed by atoms with Crippen molar-refractivity contribution >= 4 is 35.0 Å². The molecule has 0 aliphatic rings. The number of anilines is 2. The van der Waals surface area contributed by atoms with Crippen LogP contribution in [0.2, 0.25) is 0 Å². The van der Waals surface area contributed by atoms with Crippen LogP contribution in [0.1, 0.15) is 26.9 Å². The minimum atomic E-state index is -4.52. The third kappa shape index (κ3) is 6.33. The van der Waals surface area contributed by atoms with E-state index in [1.807, 2.05) is 0 Å². The van der Waals surface area contributed by atoms with Crippen LogP contribution in [0.25, 0.3) is 0 Å². The maximum absolute atomic E-state index is 13.2. The maximum atomic E-state index is 13.2. The number of amides is 2. The molecule has 9 heteroatoms. The Morgan fingerprint density at radius 2 is 1.51 bits per heavy atom. The quantitative estimate of drug-likeness (QED) is 0.270. The Morgan fingerprint density at radius 3 is 2.20 bits per heavy atom. The van der Waals surface area contributed by atoms with Crippen LogP contribution in [0, 0.1) is 0 Å². The molecule has 0 bridgehead atoms. The minimum absolute atomic E-state index is 0.0471. The summed E-state index contributed by atoms with van der Waals surface area (Å²) in [6.45, 7) is 0. The van der Waals surface area contributed by atoms with E-state index in [4.69, 9.17) is 4.42 Å². The number of nitrogens with one attached hydrogen (secondary N) is 2. The molecule has 0 fully saturated rings. The average molecular weight is 497 g/mol. The third-order valence-electron chi connectivity index (χ3n) is 4.89. The lowest BCUT2D eigenvalue weighted by atomic mass is 10.1. The van der Waals surface area contributed by atoms with Crippen molar-refractivity contribution in [2.24, 2.45) is 0 Å². The van der Waals surface area contributed by atoms with Crippen molar-refractivity contribution in [3.63, 3.8) is 0 Å². The van der Waals surface area contributed by atoms with Gasteiger partial charge in [0.1, 0.15) is 5.25 Å². The summed E-state index contributed by atoms with van der Waals surface area (Å²) in [6, 6.07) is 23.5. The van der Waals surface area contributed by atoms with Crippen LogP contribution in [0.5, 0.6) is 0 Å². The highest BCUT2D eigenvalue weighted by molar-refractivity contribution is 8.00. The van der Waals surface area contributed by atoms with E-state index < -0.39 is 28.8 Å². The number of rotatable bonds is 7. The minimum Gasteiger partial charge on any atom is -0.459 e. The normalized spacial score (nSPS) is 12.1. The van der Waals surface area contributed by atoms with E-state index in [0.717, 1.165) is 12.1 Å². The molecule has 0 spiro atoms. The van der Waals surface area contributed by atoms with Gasteiger partial charge in [0.15, 0.2) is 5.76 Å². The highest BCUT2D eigenvalue weighted by Crippen LogP contribution is 2.38. The molecular formula is C26H19F3N2O3S. The number of halogens is 3. The molecule has 0 radical (unpaired) electrons. The van der Waals surface area contributed by atoms with Gasteiger partial charge in [-0.3, -0.25) is 9.59 Å². The Hall–Kier alpha value is -3.98. The second kappa shape index (κ2) is 10.5. The van der Waals surface area contributed by atoms with Gasteiger partial charge in [0.2, 0.25) is 5.91 Å². The number of carbonyl (C=O) groups is 2. The first kappa shape index (κ1) is 24.2. The van der Waals surface area contributed by atoms with Crippen LogP contribution in [-0.2, 0) is 11.0 Å². The zero-order valence-corrected chi connectivity index (χ0v) is 18.9. The van der Waals surface area contributed by atoms with Crippen LogP contribution in [-0.4, -0.2) is 11.8 Å². The van der Waals surface area contributed by atoms with Crippen molar-refractivity contribution in [1.82, 2.24) is 0 Å². The summed E-state index contributed by atoms with van der Waals surface area (Å²) >= 11 is 1.21. The second-order valence-electron chi connectivity index (χ2n) is 7.44. The standard InChI is InChI=1S/C26H19F3N2O3S/c27-26(28,29)18-9-4-10-19(15-18)31-25(33)23(17-7-2-1-3-8-17)35-21-12-5-11-20(16-21)30-24(32)22-13-6-14-34-22/h1-16,23H,(H,30,32)(H,31,33). The van der Waals surface area contributed by atoms with Gasteiger partial charge in [0.25, 0.3) is 5.91 Å². The van der Waals surface area contributed by atoms with Gasteiger partial charge in [0.05, 0.1) is 11.8 Å². The van der Waals surface area contributed by atoms with Crippen LogP contribution >= 0.6 is 11.8 Å². The Balaban J connectivity index is 1.55. The molecule has 4 rings (SSSR count). The summed E-state index contributed by atoms with van der Waals surface area (Å²) in [5.74, 6) is -0.740. The zero-order valence-electron chi connectivity index (χ0n) is 18.1. The van der Waals surface area contributed by atoms with E-state index in [2.05, 4.69) is 10.6 Å². The van der Waals surface area contributed by atoms with E-state index >= 15 is 0 Å². The molecule has 2 N–H and O–H groups in total. The number of benzene rings is 3. The SMILES string of the molecule is O=C(Nc1cccc(SC(C(=O)Nc2cccc(C(F)(F)F)c2)c2ccccc2)c1)c1ccco1. The number of thioether (sulfide) groups is 1. The van der Waals surface area contributed by atoms with Gasteiger partial charge in [-0.2, -0.15) is 13.2 Å². The third-order valence-corrected chi connectivity index (χ3v) is 6.14. The van der Waals surface area contributed by atoms with Crippen molar-refractivity contribution in [1.29, 1.82) is 0 Å². The van der Waals surface area contributed by atoms with Crippen LogP contribution in [0.4, 0.5) is 24.5 Å². The molecule has 0 aliphatic heterocycles. The van der Waals surface area contributed by atoms with Crippen molar-refractivity contribution in [2.45, 2.75) is 16.3 Å². The highest BCUT2D eigenvalue weighted by Gasteiger charge is 2.31. The second-order valence-corrected chi connectivity index (χ2v) is 8.61. The van der Waals surface area contributed by atoms with Crippen LogP contribution in [0.3, 0.4) is 0 Å². The van der Waals surface area contributed by atoms with Gasteiger partial charge in [-0.1, -0.05) is 42.5 Å². The monoisotopic (exact) mass is 496 g/mol. The molecule has 2 amide bonds. The molecule has 5 nitrogen and oxygen atoms in total. The molecule has 1 aromatic heterocycles. The lowest BCUT2D eigenvalue weighted by molar-refractivity contribution is -0.137. The molecule has 3 aromatic carbocycles. The molecule has 1 heterocycles. The number of carbonyl (C=O) groups excluding carboxylic acids is 2. The molecule has 0 saturated heterocycles. The van der Waals surface area contributed by atoms with Crippen molar-refractivity contribution in [3.05, 3.63) is 114 Å². The lowest BCUT2D eigenvalue weighted by Crippen LogP contribution is -2.19. The summed E-state index contributed by atoms with van der Waals surface area (Å²) < 4.78 is 44.3. The Labute approximate surface area is 203 Å². The van der Waals surface area contributed by atoms with E-state index in [9.17, 15) is 22.8 Å². The fourth-order valence-corrected chi connectivity index (χ4v) is 4.35. The first-order valence-corrected chi connectivity index (χ1v) is 11.3. The molecule has 178 valence electrons. The van der Waals surface area contributed by atoms with E-state index in [-0.39, 0.29) is 11.4 Å². The Morgan fingerprint density at radius 1 is 0.800 bits per heavy atom. The van der Waals surface area contributed by atoms with Crippen molar-refractivity contribution in [3.8, 4) is 0 Å². The topological polar surface area (TPSA) is 71.3 Å². The predicted molar refractivity (Wildman–Crippen MR) is 128 cm³/mol. The number of alkyl halides is 3. The summed E-state index contributed by atoms with van der Waals surface area (Å²) in [4.78, 5) is 26.2. The largest absolute Gasteiger partial charge is 0.459 e. The molecule has 0 aliphatic carbocycles. The fourth-order valence-electron chi connectivity index (χ4n) is 3.27. The molecule has 0 saturated carbocycles. The molecule has 4 aromatic rings. The lowest BCUT2D eigenvalue weighted by Gasteiger charge is -2.18.